The first-order valence-corrected chi connectivity index (χ1v) is 11.8. The molecular weight excluding hydrogens is 426 g/mol. The van der Waals surface area contributed by atoms with Gasteiger partial charge in [-0.15, -0.1) is 0 Å². The van der Waals surface area contributed by atoms with E-state index in [-0.39, 0.29) is 22.7 Å². The summed E-state index contributed by atoms with van der Waals surface area (Å²) in [6.07, 6.45) is -0.267. The zero-order valence-electron chi connectivity index (χ0n) is 18.1. The topological polar surface area (TPSA) is 81.7 Å². The van der Waals surface area contributed by atoms with Gasteiger partial charge in [-0.05, 0) is 49.2 Å². The van der Waals surface area contributed by atoms with Gasteiger partial charge < -0.3 is 14.2 Å². The van der Waals surface area contributed by atoms with Gasteiger partial charge in [0.1, 0.15) is 10.6 Å². The molecule has 32 heavy (non-hydrogen) atoms. The van der Waals surface area contributed by atoms with Crippen LogP contribution >= 0.6 is 0 Å². The maximum absolute atomic E-state index is 12.8. The van der Waals surface area contributed by atoms with Crippen LogP contribution in [0.1, 0.15) is 30.9 Å². The van der Waals surface area contributed by atoms with Crippen molar-refractivity contribution in [1.82, 2.24) is 5.32 Å². The Morgan fingerprint density at radius 2 is 1.56 bits per heavy atom. The molecule has 0 spiro atoms. The minimum Gasteiger partial charge on any atom is -0.462 e. The third-order valence-electron chi connectivity index (χ3n) is 4.66. The van der Waals surface area contributed by atoms with Crippen LogP contribution in [0.4, 0.5) is 0 Å². The van der Waals surface area contributed by atoms with Gasteiger partial charge in [0.05, 0.1) is 12.0 Å². The third kappa shape index (κ3) is 6.67. The van der Waals surface area contributed by atoms with Crippen LogP contribution in [0, 0.1) is 0 Å². The fraction of sp³-hybridized carbons (Fsp3) is 0.240. The summed E-state index contributed by atoms with van der Waals surface area (Å²) in [5.74, 6) is -0.871. The molecule has 0 saturated heterocycles. The standard InChI is InChI=1S/C25H27NO5S/c1-19(2)30-25(27)24(18-26-17-20-10-5-3-6-11-20)21-12-9-13-22(16-21)31-32(28,29)23-14-7-4-8-15-23/h3-16,19,24,26H,17-18H2,1-2H3. The number of esters is 1. The SMILES string of the molecule is CC(C)OC(=O)C(CNCc1ccccc1)c1cccc(OS(=O)(=O)c2ccccc2)c1. The van der Waals surface area contributed by atoms with Crippen molar-refractivity contribution in [2.45, 2.75) is 37.3 Å². The first-order valence-electron chi connectivity index (χ1n) is 10.4. The number of ether oxygens (including phenoxy) is 1. The van der Waals surface area contributed by atoms with E-state index in [0.717, 1.165) is 5.56 Å². The van der Waals surface area contributed by atoms with Crippen molar-refractivity contribution in [3.8, 4) is 5.75 Å². The number of hydrogen-bond donors (Lipinski definition) is 1. The Bertz CT molecular complexity index is 1120. The molecule has 1 unspecified atom stereocenters. The van der Waals surface area contributed by atoms with Gasteiger partial charge in [-0.2, -0.15) is 8.42 Å². The molecule has 0 bridgehead atoms. The summed E-state index contributed by atoms with van der Waals surface area (Å²) >= 11 is 0. The molecule has 0 aliphatic heterocycles. The van der Waals surface area contributed by atoms with Gasteiger partial charge in [-0.25, -0.2) is 0 Å². The molecule has 6 nitrogen and oxygen atoms in total. The number of benzene rings is 3. The van der Waals surface area contributed by atoms with E-state index in [2.05, 4.69) is 5.32 Å². The predicted molar refractivity (Wildman–Crippen MR) is 123 cm³/mol. The second-order valence-corrected chi connectivity index (χ2v) is 9.12. The van der Waals surface area contributed by atoms with E-state index in [0.29, 0.717) is 18.7 Å². The normalized spacial score (nSPS) is 12.3. The first-order chi connectivity index (χ1) is 15.3. The highest BCUT2D eigenvalue weighted by Gasteiger charge is 2.24. The summed E-state index contributed by atoms with van der Waals surface area (Å²) in [5.41, 5.74) is 1.70. The second-order valence-electron chi connectivity index (χ2n) is 7.58. The van der Waals surface area contributed by atoms with Crippen molar-refractivity contribution in [3.05, 3.63) is 96.1 Å². The van der Waals surface area contributed by atoms with E-state index in [1.807, 2.05) is 30.3 Å². The third-order valence-corrected chi connectivity index (χ3v) is 5.92. The smallest absolute Gasteiger partial charge is 0.339 e. The van der Waals surface area contributed by atoms with Gasteiger partial charge in [0.15, 0.2) is 0 Å². The van der Waals surface area contributed by atoms with E-state index in [1.54, 1.807) is 56.3 Å². The van der Waals surface area contributed by atoms with Gasteiger partial charge in [0.2, 0.25) is 0 Å². The summed E-state index contributed by atoms with van der Waals surface area (Å²) in [4.78, 5) is 12.9. The van der Waals surface area contributed by atoms with Gasteiger partial charge >= 0.3 is 16.1 Å². The van der Waals surface area contributed by atoms with Crippen molar-refractivity contribution < 1.29 is 22.1 Å². The Balaban J connectivity index is 1.78. The Morgan fingerprint density at radius 1 is 0.906 bits per heavy atom. The molecule has 1 atom stereocenters. The lowest BCUT2D eigenvalue weighted by atomic mass is 9.98. The molecule has 3 aromatic carbocycles. The highest BCUT2D eigenvalue weighted by molar-refractivity contribution is 7.87. The van der Waals surface area contributed by atoms with Crippen LogP contribution < -0.4 is 9.50 Å². The monoisotopic (exact) mass is 453 g/mol. The maximum atomic E-state index is 12.8. The quantitative estimate of drug-likeness (QED) is 0.365. The molecule has 0 amide bonds. The Labute approximate surface area is 189 Å². The first kappa shape index (κ1) is 23.5. The van der Waals surface area contributed by atoms with Crippen molar-refractivity contribution in [2.75, 3.05) is 6.54 Å². The van der Waals surface area contributed by atoms with E-state index >= 15 is 0 Å². The molecule has 0 radical (unpaired) electrons. The van der Waals surface area contributed by atoms with Crippen molar-refractivity contribution in [1.29, 1.82) is 0 Å². The van der Waals surface area contributed by atoms with Crippen molar-refractivity contribution in [2.24, 2.45) is 0 Å². The largest absolute Gasteiger partial charge is 0.462 e. The number of carbonyl (C=O) groups is 1. The van der Waals surface area contributed by atoms with Crippen molar-refractivity contribution >= 4 is 16.1 Å². The van der Waals surface area contributed by atoms with Gasteiger partial charge in [-0.1, -0.05) is 60.7 Å². The van der Waals surface area contributed by atoms with E-state index in [1.165, 1.54) is 12.1 Å². The lowest BCUT2D eigenvalue weighted by Crippen LogP contribution is -2.29. The maximum Gasteiger partial charge on any atom is 0.339 e. The lowest BCUT2D eigenvalue weighted by Gasteiger charge is -2.19. The van der Waals surface area contributed by atoms with Crippen LogP contribution in [0.2, 0.25) is 0 Å². The molecule has 3 rings (SSSR count). The number of nitrogens with one attached hydrogen (secondary N) is 1. The van der Waals surface area contributed by atoms with Crippen LogP contribution in [0.3, 0.4) is 0 Å². The Hall–Kier alpha value is -3.16. The van der Waals surface area contributed by atoms with E-state index in [4.69, 9.17) is 8.92 Å². The van der Waals surface area contributed by atoms with Crippen LogP contribution in [-0.4, -0.2) is 27.0 Å². The highest BCUT2D eigenvalue weighted by atomic mass is 32.2. The summed E-state index contributed by atoms with van der Waals surface area (Å²) < 4.78 is 35.9. The fourth-order valence-electron chi connectivity index (χ4n) is 3.15. The zero-order chi connectivity index (χ0) is 23.0. The van der Waals surface area contributed by atoms with Crippen LogP contribution in [0.25, 0.3) is 0 Å². The molecule has 7 heteroatoms. The van der Waals surface area contributed by atoms with Crippen molar-refractivity contribution in [3.63, 3.8) is 0 Å². The second kappa shape index (κ2) is 10.9. The fourth-order valence-corrected chi connectivity index (χ4v) is 4.10. The molecule has 0 aromatic heterocycles. The number of carbonyl (C=O) groups excluding carboxylic acids is 1. The predicted octanol–water partition coefficient (Wildman–Crippen LogP) is 4.28. The summed E-state index contributed by atoms with van der Waals surface area (Å²) in [7, 11) is -3.98. The van der Waals surface area contributed by atoms with Crippen LogP contribution in [-0.2, 0) is 26.2 Å². The molecule has 0 heterocycles. The highest BCUT2D eigenvalue weighted by Crippen LogP contribution is 2.25. The molecular formula is C25H27NO5S. The molecule has 0 aliphatic rings. The molecule has 0 aliphatic carbocycles. The molecule has 3 aromatic rings. The minimum absolute atomic E-state index is 0.0608. The molecule has 1 N–H and O–H groups in total. The average molecular weight is 454 g/mol. The van der Waals surface area contributed by atoms with E-state index in [9.17, 15) is 13.2 Å². The van der Waals surface area contributed by atoms with Gasteiger partial charge in [0.25, 0.3) is 0 Å². The lowest BCUT2D eigenvalue weighted by molar-refractivity contribution is -0.149. The number of rotatable bonds is 10. The van der Waals surface area contributed by atoms with E-state index < -0.39 is 16.0 Å². The average Bonchev–Trinajstić information content (AvgIpc) is 2.77. The molecule has 0 saturated carbocycles. The zero-order valence-corrected chi connectivity index (χ0v) is 18.9. The Morgan fingerprint density at radius 3 is 2.22 bits per heavy atom. The van der Waals surface area contributed by atoms with Gasteiger partial charge in [-0.3, -0.25) is 4.79 Å². The minimum atomic E-state index is -3.98. The van der Waals surface area contributed by atoms with Gasteiger partial charge in [0, 0.05) is 13.1 Å². The number of hydrogen-bond acceptors (Lipinski definition) is 6. The van der Waals surface area contributed by atoms with Crippen LogP contribution in [0.5, 0.6) is 5.75 Å². The summed E-state index contributed by atoms with van der Waals surface area (Å²) in [6, 6.07) is 24.3. The Kier molecular flexibility index (Phi) is 8.03. The summed E-state index contributed by atoms with van der Waals surface area (Å²) in [6.45, 7) is 4.50. The van der Waals surface area contributed by atoms with Crippen LogP contribution in [0.15, 0.2) is 89.8 Å². The summed E-state index contributed by atoms with van der Waals surface area (Å²) in [5, 5.41) is 3.29. The molecule has 0 fully saturated rings. The molecule has 168 valence electrons.